The van der Waals surface area contributed by atoms with Crippen molar-refractivity contribution in [2.45, 2.75) is 6.92 Å². The summed E-state index contributed by atoms with van der Waals surface area (Å²) < 4.78 is 3.62. The molecule has 0 atom stereocenters. The molecule has 0 radical (unpaired) electrons. The quantitative estimate of drug-likeness (QED) is 0.254. The fourth-order valence-corrected chi connectivity index (χ4v) is 6.02. The van der Waals surface area contributed by atoms with E-state index in [0.29, 0.717) is 0 Å². The van der Waals surface area contributed by atoms with E-state index in [1.807, 2.05) is 0 Å². The fourth-order valence-electron chi connectivity index (χ4n) is 5.05. The summed E-state index contributed by atoms with van der Waals surface area (Å²) in [6, 6.07) is 38.9. The lowest BCUT2D eigenvalue weighted by Gasteiger charge is -2.14. The first-order valence-electron chi connectivity index (χ1n) is 11.8. The minimum atomic E-state index is 0.989. The first-order valence-corrected chi connectivity index (χ1v) is 12.7. The molecule has 5 aromatic carbocycles. The Morgan fingerprint density at radius 1 is 0.686 bits per heavy atom. The molecule has 2 nitrogen and oxygen atoms in total. The van der Waals surface area contributed by atoms with E-state index in [2.05, 4.69) is 126 Å². The van der Waals surface area contributed by atoms with E-state index in [9.17, 15) is 0 Å². The van der Waals surface area contributed by atoms with Crippen LogP contribution in [-0.2, 0) is 0 Å². The first kappa shape index (κ1) is 20.2. The van der Waals surface area contributed by atoms with Gasteiger partial charge in [0.05, 0.1) is 16.7 Å². The van der Waals surface area contributed by atoms with E-state index in [0.717, 1.165) is 22.5 Å². The van der Waals surface area contributed by atoms with Crippen LogP contribution in [0.15, 0.2) is 115 Å². The van der Waals surface area contributed by atoms with Crippen molar-refractivity contribution in [3.8, 4) is 28.2 Å². The van der Waals surface area contributed by atoms with Crippen molar-refractivity contribution in [2.24, 2.45) is 0 Å². The zero-order valence-electron chi connectivity index (χ0n) is 19.3. The SMILES string of the molecule is Cc1cc(-c2ccccc2)ccc1-n1c(-c2csc3cc4ccccc4cc23)nc2ccccc21. The van der Waals surface area contributed by atoms with Crippen molar-refractivity contribution in [1.29, 1.82) is 0 Å². The highest BCUT2D eigenvalue weighted by atomic mass is 32.1. The summed E-state index contributed by atoms with van der Waals surface area (Å²) in [7, 11) is 0. The number of hydrogen-bond donors (Lipinski definition) is 0. The molecule has 0 aliphatic rings. The highest BCUT2D eigenvalue weighted by molar-refractivity contribution is 7.17. The Kier molecular flexibility index (Phi) is 4.58. The van der Waals surface area contributed by atoms with Gasteiger partial charge in [0.25, 0.3) is 0 Å². The molecular formula is C32H22N2S. The van der Waals surface area contributed by atoms with Crippen molar-refractivity contribution < 1.29 is 0 Å². The zero-order chi connectivity index (χ0) is 23.4. The second-order valence-electron chi connectivity index (χ2n) is 8.97. The summed E-state index contributed by atoms with van der Waals surface area (Å²) in [5.74, 6) is 0.989. The van der Waals surface area contributed by atoms with Gasteiger partial charge in [-0.1, -0.05) is 72.8 Å². The van der Waals surface area contributed by atoms with E-state index in [4.69, 9.17) is 4.98 Å². The monoisotopic (exact) mass is 466 g/mol. The third kappa shape index (κ3) is 3.28. The molecule has 0 saturated carbocycles. The molecule has 0 aliphatic carbocycles. The van der Waals surface area contributed by atoms with Gasteiger partial charge in [-0.3, -0.25) is 4.57 Å². The molecule has 7 aromatic rings. The average molecular weight is 467 g/mol. The van der Waals surface area contributed by atoms with Crippen molar-refractivity contribution in [1.82, 2.24) is 9.55 Å². The Morgan fingerprint density at radius 2 is 1.43 bits per heavy atom. The van der Waals surface area contributed by atoms with Gasteiger partial charge in [-0.15, -0.1) is 11.3 Å². The fraction of sp³-hybridized carbons (Fsp3) is 0.0312. The molecule has 0 saturated heterocycles. The second kappa shape index (κ2) is 7.93. The number of nitrogens with zero attached hydrogens (tertiary/aromatic N) is 2. The molecular weight excluding hydrogens is 444 g/mol. The average Bonchev–Trinajstić information content (AvgIpc) is 3.48. The number of imidazole rings is 1. The van der Waals surface area contributed by atoms with E-state index in [-0.39, 0.29) is 0 Å². The standard InChI is InChI=1S/C32H22N2S/c1-21-17-25(22-9-3-2-4-10-22)15-16-29(21)34-30-14-8-7-13-28(30)33-32(34)27-20-35-31-19-24-12-6-5-11-23(24)18-26(27)31/h2-20H,1H3. The van der Waals surface area contributed by atoms with Gasteiger partial charge in [-0.2, -0.15) is 0 Å². The summed E-state index contributed by atoms with van der Waals surface area (Å²) in [4.78, 5) is 5.15. The van der Waals surface area contributed by atoms with Gasteiger partial charge in [0, 0.05) is 21.0 Å². The lowest BCUT2D eigenvalue weighted by molar-refractivity contribution is 1.09. The third-order valence-electron chi connectivity index (χ3n) is 6.79. The maximum atomic E-state index is 5.15. The van der Waals surface area contributed by atoms with Gasteiger partial charge in [0.15, 0.2) is 0 Å². The Morgan fingerprint density at radius 3 is 2.26 bits per heavy atom. The van der Waals surface area contributed by atoms with Crippen LogP contribution in [0.2, 0.25) is 0 Å². The minimum Gasteiger partial charge on any atom is -0.292 e. The lowest BCUT2D eigenvalue weighted by atomic mass is 10.0. The number of rotatable bonds is 3. The van der Waals surface area contributed by atoms with Crippen LogP contribution >= 0.6 is 11.3 Å². The van der Waals surface area contributed by atoms with Gasteiger partial charge >= 0.3 is 0 Å². The van der Waals surface area contributed by atoms with Crippen molar-refractivity contribution in [2.75, 3.05) is 0 Å². The lowest BCUT2D eigenvalue weighted by Crippen LogP contribution is -2.00. The van der Waals surface area contributed by atoms with Gasteiger partial charge in [-0.25, -0.2) is 4.98 Å². The van der Waals surface area contributed by atoms with Crippen molar-refractivity contribution in [3.63, 3.8) is 0 Å². The highest BCUT2D eigenvalue weighted by Crippen LogP contribution is 2.39. The summed E-state index contributed by atoms with van der Waals surface area (Å²) >= 11 is 1.79. The molecule has 0 N–H and O–H groups in total. The predicted octanol–water partition coefficient (Wildman–Crippen LogP) is 9.04. The number of hydrogen-bond acceptors (Lipinski definition) is 2. The van der Waals surface area contributed by atoms with Crippen LogP contribution in [0.3, 0.4) is 0 Å². The summed E-state index contributed by atoms with van der Waals surface area (Å²) in [5, 5.41) is 6.04. The normalized spacial score (nSPS) is 11.6. The third-order valence-corrected chi connectivity index (χ3v) is 7.73. The number of benzene rings is 5. The maximum Gasteiger partial charge on any atom is 0.147 e. The molecule has 0 aliphatic heterocycles. The minimum absolute atomic E-state index is 0.989. The van der Waals surface area contributed by atoms with E-state index in [1.165, 1.54) is 43.1 Å². The molecule has 2 heterocycles. The maximum absolute atomic E-state index is 5.15. The molecule has 3 heteroatoms. The van der Waals surface area contributed by atoms with Crippen LogP contribution in [0, 0.1) is 6.92 Å². The molecule has 0 amide bonds. The van der Waals surface area contributed by atoms with E-state index in [1.54, 1.807) is 11.3 Å². The second-order valence-corrected chi connectivity index (χ2v) is 9.88. The molecule has 0 fully saturated rings. The Bertz CT molecular complexity index is 1860. The summed E-state index contributed by atoms with van der Waals surface area (Å²) in [6.07, 6.45) is 0. The molecule has 166 valence electrons. The molecule has 35 heavy (non-hydrogen) atoms. The predicted molar refractivity (Wildman–Crippen MR) is 150 cm³/mol. The molecule has 0 unspecified atom stereocenters. The number of thiophene rings is 1. The smallest absolute Gasteiger partial charge is 0.147 e. The van der Waals surface area contributed by atoms with Crippen LogP contribution in [0.4, 0.5) is 0 Å². The number of aromatic nitrogens is 2. The van der Waals surface area contributed by atoms with Crippen LogP contribution in [-0.4, -0.2) is 9.55 Å². The highest BCUT2D eigenvalue weighted by Gasteiger charge is 2.19. The van der Waals surface area contributed by atoms with Gasteiger partial charge in [-0.05, 0) is 70.8 Å². The van der Waals surface area contributed by atoms with Crippen LogP contribution in [0.5, 0.6) is 0 Å². The number of para-hydroxylation sites is 2. The summed E-state index contributed by atoms with van der Waals surface area (Å²) in [5.41, 5.74) is 8.15. The topological polar surface area (TPSA) is 17.8 Å². The molecule has 7 rings (SSSR count). The van der Waals surface area contributed by atoms with Gasteiger partial charge in [0.2, 0.25) is 0 Å². The van der Waals surface area contributed by atoms with Gasteiger partial charge in [0.1, 0.15) is 5.82 Å². The van der Waals surface area contributed by atoms with Crippen LogP contribution < -0.4 is 0 Å². The van der Waals surface area contributed by atoms with E-state index >= 15 is 0 Å². The summed E-state index contributed by atoms with van der Waals surface area (Å²) in [6.45, 7) is 2.19. The zero-order valence-corrected chi connectivity index (χ0v) is 20.1. The number of aryl methyl sites for hydroxylation is 1. The van der Waals surface area contributed by atoms with Gasteiger partial charge < -0.3 is 0 Å². The van der Waals surface area contributed by atoms with Crippen molar-refractivity contribution >= 4 is 43.2 Å². The molecule has 2 aromatic heterocycles. The molecule has 0 spiro atoms. The Hall–Kier alpha value is -4.21. The van der Waals surface area contributed by atoms with E-state index < -0.39 is 0 Å². The molecule has 0 bridgehead atoms. The van der Waals surface area contributed by atoms with Crippen LogP contribution in [0.1, 0.15) is 5.56 Å². The largest absolute Gasteiger partial charge is 0.292 e. The van der Waals surface area contributed by atoms with Crippen molar-refractivity contribution in [3.05, 3.63) is 120 Å². The number of fused-ring (bicyclic) bond motifs is 3. The van der Waals surface area contributed by atoms with Crippen LogP contribution in [0.25, 0.3) is 60.1 Å². The Balaban J connectivity index is 1.48. The Labute approximate surface area is 207 Å². The first-order chi connectivity index (χ1) is 17.3.